The van der Waals surface area contributed by atoms with E-state index < -0.39 is 0 Å². The quantitative estimate of drug-likeness (QED) is 0.129. The van der Waals surface area contributed by atoms with Gasteiger partial charge >= 0.3 is 0 Å². The molecule has 0 N–H and O–H groups in total. The molecule has 0 fully saturated rings. The molecule has 0 unspecified atom stereocenters. The fourth-order valence-corrected chi connectivity index (χ4v) is 16.0. The van der Waals surface area contributed by atoms with Gasteiger partial charge in [-0.2, -0.15) is 0 Å². The summed E-state index contributed by atoms with van der Waals surface area (Å²) < 4.78 is 2.74. The lowest BCUT2D eigenvalue weighted by Gasteiger charge is -2.41. The number of rotatable bonds is 4. The molecule has 2 aliphatic rings. The highest BCUT2D eigenvalue weighted by atomic mass is 15.2. The number of fused-ring (bicyclic) bond motifs is 21. The van der Waals surface area contributed by atoms with Gasteiger partial charge in [0.05, 0.1) is 11.0 Å². The number of pyridine rings is 1. The van der Waals surface area contributed by atoms with E-state index in [1.165, 1.54) is 142 Å². The average molecular weight is 1170 g/mol. The molecule has 4 heteroatoms. The highest BCUT2D eigenvalue weighted by Crippen LogP contribution is 2.52. The lowest BCUT2D eigenvalue weighted by Crippen LogP contribution is -2.60. The van der Waals surface area contributed by atoms with E-state index in [1.807, 2.05) is 0 Å². The number of hydrogen-bond donors (Lipinski definition) is 0. The Kier molecular flexibility index (Phi) is 11.8. The van der Waals surface area contributed by atoms with Gasteiger partial charge in [0, 0.05) is 73.4 Å². The summed E-state index contributed by atoms with van der Waals surface area (Å²) in [7, 11) is 0. The number of anilines is 3. The Bertz CT molecular complexity index is 5490. The summed E-state index contributed by atoms with van der Waals surface area (Å²) in [6.07, 6.45) is 4.24. The fraction of sp³-hybridized carbons (Fsp3) is 0.184. The van der Waals surface area contributed by atoms with Gasteiger partial charge in [-0.3, -0.25) is 4.98 Å². The van der Waals surface area contributed by atoms with Crippen molar-refractivity contribution in [2.75, 3.05) is 4.90 Å². The number of nitrogens with zero attached hydrogens (tertiary/aromatic N) is 3. The Morgan fingerprint density at radius 2 is 0.736 bits per heavy atom. The first-order valence-corrected chi connectivity index (χ1v) is 32.7. The van der Waals surface area contributed by atoms with Gasteiger partial charge in [-0.1, -0.05) is 265 Å². The molecule has 0 spiro atoms. The average Bonchev–Trinajstić information content (AvgIpc) is 1.52. The maximum atomic E-state index is 5.20. The Labute approximate surface area is 534 Å². The molecular formula is C87H74BN3. The standard InChI is InChI=1S/C87H74BN3/c1-84(2,3)54-33-29-51(30-34-54)69-49-89-50-70(52-31-35-55(36-32-52)85(4,5)6)77(69)53-45-75-82-76(46-53)91-74-44-42-67-63-25-15-13-21-59(63)61-23-17-19-27-65(61)78(67)80(74)81-79-66-28-20-18-24-62(66)60-22-14-16-26-64(60)68(79)48-72(83(81)91)88(82)71-47-57(87(10,11)12)39-43-73(71)90(75)58-40-37-56(38-41-58)86(7,8)9/h13-50H,1-12H3. The third-order valence-corrected chi connectivity index (χ3v) is 20.6. The Balaban J connectivity index is 1.11. The van der Waals surface area contributed by atoms with Crippen LogP contribution >= 0.6 is 0 Å². The van der Waals surface area contributed by atoms with Gasteiger partial charge in [-0.05, 0) is 167 Å². The van der Waals surface area contributed by atoms with Crippen LogP contribution in [0.4, 0.5) is 17.1 Å². The highest BCUT2D eigenvalue weighted by Gasteiger charge is 2.44. The molecule has 3 nitrogen and oxygen atoms in total. The largest absolute Gasteiger partial charge is 0.311 e. The second kappa shape index (κ2) is 19.4. The summed E-state index contributed by atoms with van der Waals surface area (Å²) in [5, 5.41) is 17.9. The fourth-order valence-electron chi connectivity index (χ4n) is 16.0. The van der Waals surface area contributed by atoms with Crippen LogP contribution in [0.25, 0.3) is 126 Å². The van der Waals surface area contributed by atoms with E-state index in [0.717, 1.165) is 39.1 Å². The molecule has 2 aliphatic heterocycles. The Hall–Kier alpha value is -9.77. The lowest BCUT2D eigenvalue weighted by molar-refractivity contribution is 0.590. The Morgan fingerprint density at radius 3 is 1.23 bits per heavy atom. The second-order valence-electron chi connectivity index (χ2n) is 30.3. The van der Waals surface area contributed by atoms with E-state index in [2.05, 4.69) is 323 Å². The third kappa shape index (κ3) is 8.23. The molecule has 13 aromatic carbocycles. The molecule has 2 aromatic heterocycles. The van der Waals surface area contributed by atoms with Gasteiger partial charge in [0.2, 0.25) is 0 Å². The topological polar surface area (TPSA) is 21.1 Å². The van der Waals surface area contributed by atoms with E-state index in [4.69, 9.17) is 4.98 Å². The van der Waals surface area contributed by atoms with Crippen molar-refractivity contribution in [3.05, 3.63) is 253 Å². The second-order valence-corrected chi connectivity index (χ2v) is 30.3. The zero-order valence-corrected chi connectivity index (χ0v) is 54.4. The minimum atomic E-state index is -0.148. The number of benzene rings is 13. The minimum Gasteiger partial charge on any atom is -0.311 e. The summed E-state index contributed by atoms with van der Waals surface area (Å²) in [4.78, 5) is 7.82. The minimum absolute atomic E-state index is 0.0109. The molecule has 0 saturated carbocycles. The molecule has 15 aromatic rings. The molecule has 440 valence electrons. The zero-order chi connectivity index (χ0) is 62.4. The summed E-state index contributed by atoms with van der Waals surface area (Å²) in [5.74, 6) is 0. The maximum Gasteiger partial charge on any atom is 0.252 e. The van der Waals surface area contributed by atoms with Crippen LogP contribution in [0.3, 0.4) is 0 Å². The summed E-state index contributed by atoms with van der Waals surface area (Å²) in [5.41, 5.74) is 23.0. The van der Waals surface area contributed by atoms with Crippen molar-refractivity contribution in [1.82, 2.24) is 9.55 Å². The van der Waals surface area contributed by atoms with Crippen molar-refractivity contribution in [3.63, 3.8) is 0 Å². The van der Waals surface area contributed by atoms with Gasteiger partial charge in [-0.15, -0.1) is 0 Å². The number of aromatic nitrogens is 2. The van der Waals surface area contributed by atoms with Gasteiger partial charge in [-0.25, -0.2) is 0 Å². The van der Waals surface area contributed by atoms with Gasteiger partial charge in [0.1, 0.15) is 0 Å². The molecule has 0 bridgehead atoms. The van der Waals surface area contributed by atoms with E-state index in [1.54, 1.807) is 0 Å². The van der Waals surface area contributed by atoms with Crippen LogP contribution in [0.2, 0.25) is 0 Å². The van der Waals surface area contributed by atoms with E-state index >= 15 is 0 Å². The third-order valence-electron chi connectivity index (χ3n) is 20.6. The van der Waals surface area contributed by atoms with Crippen LogP contribution in [0.15, 0.2) is 231 Å². The van der Waals surface area contributed by atoms with E-state index in [0.29, 0.717) is 0 Å². The van der Waals surface area contributed by atoms with E-state index in [9.17, 15) is 0 Å². The molecule has 17 rings (SSSR count). The van der Waals surface area contributed by atoms with E-state index in [-0.39, 0.29) is 28.4 Å². The highest BCUT2D eigenvalue weighted by molar-refractivity contribution is 7.00. The summed E-state index contributed by atoms with van der Waals surface area (Å²) >= 11 is 0. The van der Waals surface area contributed by atoms with Crippen LogP contribution < -0.4 is 21.3 Å². The van der Waals surface area contributed by atoms with Gasteiger partial charge in [0.25, 0.3) is 6.71 Å². The summed E-state index contributed by atoms with van der Waals surface area (Å²) in [6, 6.07) is 84.9. The van der Waals surface area contributed by atoms with Crippen molar-refractivity contribution < 1.29 is 0 Å². The smallest absolute Gasteiger partial charge is 0.252 e. The van der Waals surface area contributed by atoms with Crippen LogP contribution in [0.1, 0.15) is 105 Å². The molecule has 0 radical (unpaired) electrons. The van der Waals surface area contributed by atoms with Crippen LogP contribution in [-0.2, 0) is 21.7 Å². The van der Waals surface area contributed by atoms with Crippen LogP contribution in [0.5, 0.6) is 0 Å². The molecule has 0 saturated heterocycles. The lowest BCUT2D eigenvalue weighted by atomic mass is 9.33. The van der Waals surface area contributed by atoms with Crippen LogP contribution in [0, 0.1) is 0 Å². The predicted molar refractivity (Wildman–Crippen MR) is 394 cm³/mol. The molecule has 0 atom stereocenters. The van der Waals surface area contributed by atoms with Crippen LogP contribution in [-0.4, -0.2) is 16.3 Å². The first-order chi connectivity index (χ1) is 43.7. The molecule has 4 heterocycles. The van der Waals surface area contributed by atoms with Crippen molar-refractivity contribution in [3.8, 4) is 39.1 Å². The predicted octanol–water partition coefficient (Wildman–Crippen LogP) is 21.9. The Morgan fingerprint density at radius 1 is 0.319 bits per heavy atom. The number of hydrogen-bond acceptors (Lipinski definition) is 2. The van der Waals surface area contributed by atoms with Gasteiger partial charge in [0.15, 0.2) is 0 Å². The molecule has 0 aliphatic carbocycles. The van der Waals surface area contributed by atoms with Crippen molar-refractivity contribution in [2.24, 2.45) is 0 Å². The monoisotopic (exact) mass is 1170 g/mol. The first-order valence-electron chi connectivity index (χ1n) is 32.7. The van der Waals surface area contributed by atoms with Crippen molar-refractivity contribution >= 4 is 127 Å². The molecule has 91 heavy (non-hydrogen) atoms. The SMILES string of the molecule is CC(C)(C)c1ccc(-c2cncc(-c3ccc(C(C)(C)C)cc3)c2-c2cc3c4c(c2)-n2c5ccc6c7ccccc7c7ccccc7c6c5c5c6c7ccccc7c7ccccc7c6cc(c52)B4c2cc(C(C)(C)C)ccc2N3c2ccc(C(C)(C)C)cc2)cc1. The van der Waals surface area contributed by atoms with Crippen molar-refractivity contribution in [1.29, 1.82) is 0 Å². The summed E-state index contributed by atoms with van der Waals surface area (Å²) in [6.45, 7) is 27.7. The normalized spacial score (nSPS) is 13.5. The zero-order valence-electron chi connectivity index (χ0n) is 54.4. The van der Waals surface area contributed by atoms with Crippen molar-refractivity contribution in [2.45, 2.75) is 105 Å². The maximum absolute atomic E-state index is 5.20. The first kappa shape index (κ1) is 55.3. The molecular weight excluding hydrogens is 1100 g/mol. The molecule has 0 amide bonds. The van der Waals surface area contributed by atoms with Gasteiger partial charge < -0.3 is 9.47 Å².